The fourth-order valence-corrected chi connectivity index (χ4v) is 2.08. The molecule has 0 atom stereocenters. The van der Waals surface area contributed by atoms with Crippen LogP contribution in [0.3, 0.4) is 0 Å². The van der Waals surface area contributed by atoms with Crippen molar-refractivity contribution in [2.24, 2.45) is 0 Å². The molecule has 0 fully saturated rings. The maximum Gasteiger partial charge on any atom is 0.316 e. The van der Waals surface area contributed by atoms with Gasteiger partial charge in [0.2, 0.25) is 0 Å². The first-order valence-corrected chi connectivity index (χ1v) is 6.72. The zero-order valence-electron chi connectivity index (χ0n) is 12.2. The molecule has 2 aromatic heterocycles. The maximum atomic E-state index is 9.31. The Kier molecular flexibility index (Phi) is 3.80. The summed E-state index contributed by atoms with van der Waals surface area (Å²) >= 11 is 0. The number of aliphatic hydroxyl groups is 1. The molecule has 0 saturated carbocycles. The highest BCUT2D eigenvalue weighted by Gasteiger charge is 2.11. The molecule has 0 spiro atoms. The Hall–Kier alpha value is -2.80. The highest BCUT2D eigenvalue weighted by Crippen LogP contribution is 2.23. The lowest BCUT2D eigenvalue weighted by Crippen LogP contribution is -2.04. The lowest BCUT2D eigenvalue weighted by atomic mass is 10.2. The Labute approximate surface area is 127 Å². The van der Waals surface area contributed by atoms with Gasteiger partial charge in [0, 0.05) is 5.69 Å². The summed E-state index contributed by atoms with van der Waals surface area (Å²) in [4.78, 5) is 16.8. The van der Waals surface area contributed by atoms with Gasteiger partial charge in [-0.1, -0.05) is 12.1 Å². The van der Waals surface area contributed by atoms with Gasteiger partial charge in [0.1, 0.15) is 17.6 Å². The van der Waals surface area contributed by atoms with E-state index in [4.69, 9.17) is 4.74 Å². The number of benzene rings is 1. The van der Waals surface area contributed by atoms with E-state index >= 15 is 0 Å². The molecule has 0 aliphatic heterocycles. The van der Waals surface area contributed by atoms with Crippen molar-refractivity contribution in [3.63, 3.8) is 0 Å². The fraction of sp³-hybridized carbons (Fsp3) is 0.200. The van der Waals surface area contributed by atoms with E-state index in [-0.39, 0.29) is 12.6 Å². The first-order valence-electron chi connectivity index (χ1n) is 6.72. The Morgan fingerprint density at radius 2 is 2.09 bits per heavy atom. The highest BCUT2D eigenvalue weighted by molar-refractivity contribution is 5.86. The Bertz CT molecular complexity index is 822. The van der Waals surface area contributed by atoms with E-state index in [2.05, 4.69) is 25.3 Å². The Balaban J connectivity index is 2.12. The quantitative estimate of drug-likeness (QED) is 0.760. The van der Waals surface area contributed by atoms with E-state index in [0.29, 0.717) is 22.7 Å². The first-order chi connectivity index (χ1) is 10.7. The average molecular weight is 297 g/mol. The summed E-state index contributed by atoms with van der Waals surface area (Å²) < 4.78 is 5.05. The molecule has 0 amide bonds. The number of aromatic nitrogens is 4. The Morgan fingerprint density at radius 3 is 2.82 bits per heavy atom. The van der Waals surface area contributed by atoms with Gasteiger partial charge < -0.3 is 15.2 Å². The van der Waals surface area contributed by atoms with Crippen LogP contribution >= 0.6 is 0 Å². The summed E-state index contributed by atoms with van der Waals surface area (Å²) in [5.74, 6) is 0.803. The fourth-order valence-electron chi connectivity index (χ4n) is 2.08. The molecule has 7 heteroatoms. The molecule has 3 aromatic rings. The average Bonchev–Trinajstić information content (AvgIpc) is 2.54. The number of hydrogen-bond acceptors (Lipinski definition) is 7. The van der Waals surface area contributed by atoms with Gasteiger partial charge in [0.15, 0.2) is 11.6 Å². The van der Waals surface area contributed by atoms with E-state index in [1.807, 2.05) is 31.2 Å². The summed E-state index contributed by atoms with van der Waals surface area (Å²) in [5.41, 5.74) is 3.07. The summed E-state index contributed by atoms with van der Waals surface area (Å²) in [6.45, 7) is 1.75. The molecule has 0 saturated heterocycles. The van der Waals surface area contributed by atoms with Crippen LogP contribution in [-0.4, -0.2) is 32.2 Å². The molecular weight excluding hydrogens is 282 g/mol. The van der Waals surface area contributed by atoms with Gasteiger partial charge in [-0.15, -0.1) is 0 Å². The zero-order chi connectivity index (χ0) is 15.5. The van der Waals surface area contributed by atoms with Gasteiger partial charge in [-0.3, -0.25) is 0 Å². The smallest absolute Gasteiger partial charge is 0.316 e. The van der Waals surface area contributed by atoms with Gasteiger partial charge in [-0.05, 0) is 24.6 Å². The molecule has 3 rings (SSSR count). The molecule has 0 radical (unpaired) electrons. The van der Waals surface area contributed by atoms with Crippen molar-refractivity contribution in [1.82, 2.24) is 19.9 Å². The summed E-state index contributed by atoms with van der Waals surface area (Å²) in [6.07, 6.45) is 1.55. The lowest BCUT2D eigenvalue weighted by molar-refractivity contribution is 0.272. The minimum Gasteiger partial charge on any atom is -0.467 e. The van der Waals surface area contributed by atoms with Crippen molar-refractivity contribution >= 4 is 22.5 Å². The molecule has 0 unspecified atom stereocenters. The third-order valence-electron chi connectivity index (χ3n) is 3.07. The normalized spacial score (nSPS) is 10.7. The topological polar surface area (TPSA) is 93.1 Å². The van der Waals surface area contributed by atoms with Crippen molar-refractivity contribution < 1.29 is 9.84 Å². The minimum atomic E-state index is -0.259. The van der Waals surface area contributed by atoms with E-state index < -0.39 is 0 Å². The summed E-state index contributed by atoms with van der Waals surface area (Å²) in [6, 6.07) is 8.11. The van der Waals surface area contributed by atoms with Gasteiger partial charge in [-0.2, -0.15) is 4.98 Å². The third-order valence-corrected chi connectivity index (χ3v) is 3.07. The van der Waals surface area contributed by atoms with Crippen molar-refractivity contribution in [3.05, 3.63) is 41.9 Å². The van der Waals surface area contributed by atoms with Crippen LogP contribution in [0.5, 0.6) is 6.01 Å². The number of aryl methyl sites for hydroxylation is 1. The number of fused-ring (bicyclic) bond motifs is 1. The highest BCUT2D eigenvalue weighted by atomic mass is 16.5. The van der Waals surface area contributed by atoms with Crippen molar-refractivity contribution in [3.8, 4) is 6.01 Å². The Morgan fingerprint density at radius 1 is 1.23 bits per heavy atom. The van der Waals surface area contributed by atoms with Crippen LogP contribution in [0.1, 0.15) is 11.4 Å². The van der Waals surface area contributed by atoms with Crippen LogP contribution in [0.4, 0.5) is 11.5 Å². The van der Waals surface area contributed by atoms with Crippen LogP contribution in [0.2, 0.25) is 0 Å². The largest absolute Gasteiger partial charge is 0.467 e. The number of aliphatic hydroxyl groups excluding tert-OH is 1. The minimum absolute atomic E-state index is 0.236. The molecule has 1 aromatic carbocycles. The lowest BCUT2D eigenvalue weighted by Gasteiger charge is -2.10. The van der Waals surface area contributed by atoms with Crippen LogP contribution in [0, 0.1) is 6.92 Å². The first kappa shape index (κ1) is 14.2. The van der Waals surface area contributed by atoms with Crippen LogP contribution in [-0.2, 0) is 6.61 Å². The molecule has 112 valence electrons. The maximum absolute atomic E-state index is 9.31. The number of rotatable bonds is 4. The van der Waals surface area contributed by atoms with Gasteiger partial charge in [0.05, 0.1) is 13.3 Å². The number of anilines is 2. The van der Waals surface area contributed by atoms with Gasteiger partial charge in [0.25, 0.3) is 0 Å². The van der Waals surface area contributed by atoms with E-state index in [0.717, 1.165) is 11.3 Å². The number of methoxy groups -OCH3 is 1. The molecule has 0 aliphatic rings. The van der Waals surface area contributed by atoms with Crippen molar-refractivity contribution in [2.75, 3.05) is 12.4 Å². The van der Waals surface area contributed by atoms with E-state index in [1.165, 1.54) is 7.11 Å². The molecule has 22 heavy (non-hydrogen) atoms. The number of nitrogens with zero attached hydrogens (tertiary/aromatic N) is 4. The van der Waals surface area contributed by atoms with Gasteiger partial charge >= 0.3 is 6.01 Å². The molecular formula is C15H15N5O2. The van der Waals surface area contributed by atoms with Crippen molar-refractivity contribution in [1.29, 1.82) is 0 Å². The number of hydrogen-bond donors (Lipinski definition) is 2. The summed E-state index contributed by atoms with van der Waals surface area (Å²) in [7, 11) is 1.50. The molecule has 0 aliphatic carbocycles. The van der Waals surface area contributed by atoms with Crippen molar-refractivity contribution in [2.45, 2.75) is 13.5 Å². The molecule has 2 N–H and O–H groups in total. The van der Waals surface area contributed by atoms with Crippen LogP contribution in [0.25, 0.3) is 11.0 Å². The predicted octanol–water partition coefficient (Wildman–Crippen LogP) is 1.97. The predicted molar refractivity (Wildman–Crippen MR) is 82.1 cm³/mol. The second-order valence-electron chi connectivity index (χ2n) is 4.73. The van der Waals surface area contributed by atoms with E-state index in [9.17, 15) is 5.11 Å². The SMILES string of the molecule is COc1ncc2nc(CO)nc(Nc3cccc(C)c3)c2n1. The summed E-state index contributed by atoms with van der Waals surface area (Å²) in [5, 5.41) is 12.5. The second-order valence-corrected chi connectivity index (χ2v) is 4.73. The van der Waals surface area contributed by atoms with Crippen LogP contribution in [0.15, 0.2) is 30.5 Å². The number of ether oxygens (including phenoxy) is 1. The monoisotopic (exact) mass is 297 g/mol. The molecule has 7 nitrogen and oxygen atoms in total. The second kappa shape index (κ2) is 5.90. The van der Waals surface area contributed by atoms with E-state index in [1.54, 1.807) is 6.20 Å². The standard InChI is InChI=1S/C15H15N5O2/c1-9-4-3-5-10(6-9)17-14-13-11(18-12(8-21)19-14)7-16-15(20-13)22-2/h3-7,21H,8H2,1-2H3,(H,17,18,19). The molecule has 2 heterocycles. The third kappa shape index (κ3) is 2.79. The molecule has 0 bridgehead atoms. The number of nitrogens with one attached hydrogen (secondary N) is 1. The van der Waals surface area contributed by atoms with Crippen LogP contribution < -0.4 is 10.1 Å². The zero-order valence-corrected chi connectivity index (χ0v) is 12.2. The van der Waals surface area contributed by atoms with Gasteiger partial charge in [-0.25, -0.2) is 15.0 Å².